The molecule has 1 aromatic heterocycles. The van der Waals surface area contributed by atoms with Crippen LogP contribution in [0.2, 0.25) is 5.02 Å². The van der Waals surface area contributed by atoms with Gasteiger partial charge in [0, 0.05) is 5.56 Å². The molecule has 14 heteroatoms. The highest BCUT2D eigenvalue weighted by atomic mass is 35.5. The third kappa shape index (κ3) is 11.6. The van der Waals surface area contributed by atoms with Crippen LogP contribution in [0.25, 0.3) is 5.69 Å². The number of hydrogen-bond donors (Lipinski definition) is 2. The minimum atomic E-state index is -1.41. The predicted octanol–water partition coefficient (Wildman–Crippen LogP) is 8.08. The minimum Gasteiger partial charge on any atom is -0.497 e. The van der Waals surface area contributed by atoms with Gasteiger partial charge in [0.25, 0.3) is 0 Å². The monoisotopic (exact) mass is 735 g/mol. The fraction of sp³-hybridized carbons (Fsp3) is 0.378. The Hall–Kier alpha value is -4.75. The van der Waals surface area contributed by atoms with Gasteiger partial charge in [-0.15, -0.1) is 5.10 Å². The highest BCUT2D eigenvalue weighted by molar-refractivity contribution is 8.01. The van der Waals surface area contributed by atoms with Crippen LogP contribution in [0.1, 0.15) is 102 Å². The molecule has 1 amide bonds. The van der Waals surface area contributed by atoms with Gasteiger partial charge in [-0.1, -0.05) is 88.1 Å². The van der Waals surface area contributed by atoms with Gasteiger partial charge < -0.3 is 19.9 Å². The Morgan fingerprint density at radius 1 is 0.843 bits per heavy atom. The molecular weight excluding hydrogens is 694 g/mol. The normalized spacial score (nSPS) is 11.5. The van der Waals surface area contributed by atoms with Crippen molar-refractivity contribution < 1.29 is 33.8 Å². The number of nitrogens with one attached hydrogen (secondary N) is 1. The average Bonchev–Trinajstić information content (AvgIpc) is 3.61. The predicted molar refractivity (Wildman–Crippen MR) is 195 cm³/mol. The maximum Gasteiger partial charge on any atom is 0.338 e. The van der Waals surface area contributed by atoms with Gasteiger partial charge in [-0.25, -0.2) is 9.59 Å². The molecule has 0 bridgehead atoms. The summed E-state index contributed by atoms with van der Waals surface area (Å²) in [5.41, 5.74) is 1.02. The molecule has 0 spiro atoms. The number of ketones is 1. The Morgan fingerprint density at radius 2 is 1.45 bits per heavy atom. The molecule has 270 valence electrons. The molecule has 0 fully saturated rings. The number of carbonyl (C=O) groups excluding carboxylic acids is 3. The molecule has 51 heavy (non-hydrogen) atoms. The first-order valence-corrected chi connectivity index (χ1v) is 18.2. The Morgan fingerprint density at radius 3 is 2.08 bits per heavy atom. The summed E-state index contributed by atoms with van der Waals surface area (Å²) in [4.78, 5) is 51.9. The van der Waals surface area contributed by atoms with E-state index in [0.29, 0.717) is 11.4 Å². The summed E-state index contributed by atoms with van der Waals surface area (Å²) in [7, 11) is 1.50. The van der Waals surface area contributed by atoms with Crippen molar-refractivity contribution in [3.05, 3.63) is 88.4 Å². The van der Waals surface area contributed by atoms with Crippen LogP contribution in [0.15, 0.2) is 71.9 Å². The van der Waals surface area contributed by atoms with E-state index in [2.05, 4.69) is 27.8 Å². The molecule has 0 radical (unpaired) electrons. The van der Waals surface area contributed by atoms with Gasteiger partial charge in [-0.3, -0.25) is 9.59 Å². The molecule has 0 aliphatic rings. The number of unbranched alkanes of at least 4 members (excludes halogenated alkanes) is 9. The SMILES string of the molecule is CCCCCCCCCCCCOC(=O)c1ccc(Cl)c(NC(=O)C(Sc2nnnn2-c2ccc(C(=O)O)cc2)C(=O)c2ccc(OC)cc2)c1. The highest BCUT2D eigenvalue weighted by Crippen LogP contribution is 2.30. The van der Waals surface area contributed by atoms with E-state index in [-0.39, 0.29) is 39.2 Å². The van der Waals surface area contributed by atoms with Crippen LogP contribution < -0.4 is 10.1 Å². The van der Waals surface area contributed by atoms with Crippen LogP contribution in [0.4, 0.5) is 5.69 Å². The Balaban J connectivity index is 1.44. The van der Waals surface area contributed by atoms with Crippen LogP contribution in [-0.2, 0) is 9.53 Å². The van der Waals surface area contributed by atoms with Crippen LogP contribution in [0, 0.1) is 0 Å². The minimum absolute atomic E-state index is 0.0646. The molecule has 0 aliphatic carbocycles. The molecule has 4 aromatic rings. The van der Waals surface area contributed by atoms with Crippen molar-refractivity contribution >= 4 is 52.7 Å². The number of carboxylic acid groups (broad SMARTS) is 1. The van der Waals surface area contributed by atoms with Crippen molar-refractivity contribution in [3.63, 3.8) is 0 Å². The van der Waals surface area contributed by atoms with Crippen LogP contribution >= 0.6 is 23.4 Å². The van der Waals surface area contributed by atoms with Gasteiger partial charge in [0.15, 0.2) is 11.0 Å². The molecule has 2 N–H and O–H groups in total. The number of tetrazole rings is 1. The summed E-state index contributed by atoms with van der Waals surface area (Å²) in [6.07, 6.45) is 11.6. The van der Waals surface area contributed by atoms with E-state index in [1.165, 1.54) is 111 Å². The lowest BCUT2D eigenvalue weighted by Gasteiger charge is -2.17. The van der Waals surface area contributed by atoms with Crippen molar-refractivity contribution in [3.8, 4) is 11.4 Å². The zero-order valence-electron chi connectivity index (χ0n) is 28.7. The lowest BCUT2D eigenvalue weighted by atomic mass is 10.1. The van der Waals surface area contributed by atoms with Crippen LogP contribution in [-0.4, -0.2) is 67.9 Å². The second-order valence-electron chi connectivity index (χ2n) is 11.8. The summed E-state index contributed by atoms with van der Waals surface area (Å²) in [6.45, 7) is 2.50. The van der Waals surface area contributed by atoms with Crippen LogP contribution in [0.3, 0.4) is 0 Å². The Bertz CT molecular complexity index is 1770. The molecule has 1 unspecified atom stereocenters. The first-order valence-electron chi connectivity index (χ1n) is 17.0. The van der Waals surface area contributed by atoms with E-state index in [1.807, 2.05) is 0 Å². The number of halogens is 1. The summed E-state index contributed by atoms with van der Waals surface area (Å²) < 4.78 is 12.0. The third-order valence-corrected chi connectivity index (χ3v) is 9.52. The maximum absolute atomic E-state index is 13.9. The van der Waals surface area contributed by atoms with E-state index in [0.717, 1.165) is 31.0 Å². The Kier molecular flexibility index (Phi) is 15.5. The van der Waals surface area contributed by atoms with Crippen molar-refractivity contribution in [1.29, 1.82) is 0 Å². The number of thioether (sulfide) groups is 1. The van der Waals surface area contributed by atoms with E-state index < -0.39 is 28.9 Å². The fourth-order valence-electron chi connectivity index (χ4n) is 5.18. The fourth-order valence-corrected chi connectivity index (χ4v) is 6.29. The quantitative estimate of drug-likeness (QED) is 0.0280. The molecule has 0 aliphatic heterocycles. The highest BCUT2D eigenvalue weighted by Gasteiger charge is 2.32. The van der Waals surface area contributed by atoms with Gasteiger partial charge in [0.05, 0.1) is 41.2 Å². The number of methoxy groups -OCH3 is 1. The lowest BCUT2D eigenvalue weighted by Crippen LogP contribution is -2.33. The van der Waals surface area contributed by atoms with Crippen molar-refractivity contribution in [2.45, 2.75) is 81.5 Å². The van der Waals surface area contributed by atoms with Gasteiger partial charge in [-0.05, 0) is 83.6 Å². The molecule has 4 rings (SSSR count). The first-order chi connectivity index (χ1) is 24.7. The molecule has 12 nitrogen and oxygen atoms in total. The number of ether oxygens (including phenoxy) is 2. The van der Waals surface area contributed by atoms with Crippen LogP contribution in [0.5, 0.6) is 5.75 Å². The second kappa shape index (κ2) is 20.2. The zero-order valence-corrected chi connectivity index (χ0v) is 30.3. The maximum atomic E-state index is 13.9. The standard InChI is InChI=1S/C37H42ClN5O7S/c1-3-4-5-6-7-8-9-10-11-12-23-50-36(48)27-17-22-30(38)31(24-27)39-34(45)33(32(44)25-15-20-29(49-2)21-16-25)51-37-40-41-42-43(37)28-18-13-26(14-19-28)35(46)47/h13-22,24,33H,3-12,23H2,1-2H3,(H,39,45)(H,46,47). The van der Waals surface area contributed by atoms with Gasteiger partial charge >= 0.3 is 11.9 Å². The number of aromatic nitrogens is 4. The first kappa shape index (κ1) is 39.0. The molecule has 0 saturated carbocycles. The van der Waals surface area contributed by atoms with E-state index in [1.54, 1.807) is 12.1 Å². The summed E-state index contributed by atoms with van der Waals surface area (Å²) in [5, 5.41) is 22.5. The van der Waals surface area contributed by atoms with E-state index >= 15 is 0 Å². The number of esters is 1. The lowest BCUT2D eigenvalue weighted by molar-refractivity contribution is -0.115. The van der Waals surface area contributed by atoms with Gasteiger partial charge in [-0.2, -0.15) is 4.68 Å². The molecule has 1 heterocycles. The molecular formula is C37H42ClN5O7S. The number of carboxylic acids is 1. The molecule has 0 saturated heterocycles. The average molecular weight is 736 g/mol. The van der Waals surface area contributed by atoms with Crippen molar-refractivity contribution in [2.24, 2.45) is 0 Å². The smallest absolute Gasteiger partial charge is 0.338 e. The van der Waals surface area contributed by atoms with Crippen molar-refractivity contribution in [2.75, 3.05) is 19.0 Å². The summed E-state index contributed by atoms with van der Waals surface area (Å²) in [6, 6.07) is 16.5. The van der Waals surface area contributed by atoms with E-state index in [4.69, 9.17) is 21.1 Å². The summed E-state index contributed by atoms with van der Waals surface area (Å²) in [5.74, 6) is -2.42. The number of carbonyl (C=O) groups is 4. The second-order valence-corrected chi connectivity index (χ2v) is 13.3. The number of benzene rings is 3. The third-order valence-electron chi connectivity index (χ3n) is 8.06. The zero-order chi connectivity index (χ0) is 36.6. The number of aromatic carboxylic acids is 1. The number of amides is 1. The number of Topliss-reactive ketones (excluding diaryl/α,β-unsaturated/α-hetero) is 1. The van der Waals surface area contributed by atoms with E-state index in [9.17, 15) is 24.3 Å². The number of nitrogens with zero attached hydrogens (tertiary/aromatic N) is 4. The van der Waals surface area contributed by atoms with Gasteiger partial charge in [0.2, 0.25) is 11.1 Å². The number of hydrogen-bond acceptors (Lipinski definition) is 10. The summed E-state index contributed by atoms with van der Waals surface area (Å²) >= 11 is 7.23. The molecule has 3 aromatic carbocycles. The molecule has 1 atom stereocenters. The largest absolute Gasteiger partial charge is 0.497 e. The Labute approximate surface area is 306 Å². The number of rotatable bonds is 21. The van der Waals surface area contributed by atoms with Gasteiger partial charge in [0.1, 0.15) is 5.75 Å². The number of anilines is 1. The topological polar surface area (TPSA) is 163 Å². The van der Waals surface area contributed by atoms with Crippen molar-refractivity contribution in [1.82, 2.24) is 20.2 Å².